The summed E-state index contributed by atoms with van der Waals surface area (Å²) in [6, 6.07) is 15.6. The molecule has 3 aromatic carbocycles. The first-order chi connectivity index (χ1) is 17.2. The van der Waals surface area contributed by atoms with Gasteiger partial charge in [-0.25, -0.2) is 12.8 Å². The van der Waals surface area contributed by atoms with Crippen molar-refractivity contribution in [1.29, 1.82) is 0 Å². The minimum Gasteiger partial charge on any atom is -0.494 e. The van der Waals surface area contributed by atoms with Crippen molar-refractivity contribution in [1.82, 2.24) is 5.32 Å². The summed E-state index contributed by atoms with van der Waals surface area (Å²) in [5.74, 6) is 0.518. The molecule has 0 heterocycles. The van der Waals surface area contributed by atoms with Gasteiger partial charge >= 0.3 is 0 Å². The highest BCUT2D eigenvalue weighted by atomic mass is 32.2. The first kappa shape index (κ1) is 26.8. The van der Waals surface area contributed by atoms with Gasteiger partial charge in [-0.15, -0.1) is 0 Å². The van der Waals surface area contributed by atoms with Gasteiger partial charge in [0, 0.05) is 0 Å². The second-order valence-electron chi connectivity index (χ2n) is 7.80. The van der Waals surface area contributed by atoms with Crippen molar-refractivity contribution >= 4 is 21.6 Å². The van der Waals surface area contributed by atoms with Crippen LogP contribution >= 0.6 is 0 Å². The average molecular weight is 517 g/mol. The summed E-state index contributed by atoms with van der Waals surface area (Å²) in [5.41, 5.74) is 1.01. The van der Waals surface area contributed by atoms with Crippen LogP contribution in [0.15, 0.2) is 71.6 Å². The van der Waals surface area contributed by atoms with Gasteiger partial charge in [0.05, 0.1) is 37.5 Å². The molecule has 1 N–H and O–H groups in total. The van der Waals surface area contributed by atoms with Gasteiger partial charge in [-0.3, -0.25) is 9.10 Å². The summed E-state index contributed by atoms with van der Waals surface area (Å²) >= 11 is 0. The lowest BCUT2D eigenvalue weighted by atomic mass is 10.1. The van der Waals surface area contributed by atoms with Crippen molar-refractivity contribution in [2.24, 2.45) is 0 Å². The number of carbonyl (C=O) groups excluding carboxylic acids is 1. The average Bonchev–Trinajstić information content (AvgIpc) is 2.87. The summed E-state index contributed by atoms with van der Waals surface area (Å²) in [4.78, 5) is 12.9. The molecule has 3 aromatic rings. The number of hydrogen-bond donors (Lipinski definition) is 1. The largest absolute Gasteiger partial charge is 0.494 e. The molecule has 0 saturated heterocycles. The molecule has 192 valence electrons. The molecule has 0 spiro atoms. The lowest BCUT2D eigenvalue weighted by Gasteiger charge is -2.25. The van der Waals surface area contributed by atoms with Crippen LogP contribution in [0.5, 0.6) is 17.2 Å². The zero-order valence-corrected chi connectivity index (χ0v) is 21.3. The van der Waals surface area contributed by atoms with E-state index in [1.54, 1.807) is 49.4 Å². The number of methoxy groups -OCH3 is 2. The fourth-order valence-electron chi connectivity index (χ4n) is 3.55. The van der Waals surface area contributed by atoms with Gasteiger partial charge in [0.1, 0.15) is 18.1 Å². The summed E-state index contributed by atoms with van der Waals surface area (Å²) in [7, 11) is -1.14. The number of hydrogen-bond acceptors (Lipinski definition) is 6. The molecule has 1 amide bonds. The third kappa shape index (κ3) is 6.25. The molecule has 0 saturated carbocycles. The van der Waals surface area contributed by atoms with E-state index in [0.29, 0.717) is 23.9 Å². The monoisotopic (exact) mass is 516 g/mol. The Kier molecular flexibility index (Phi) is 8.76. The van der Waals surface area contributed by atoms with E-state index in [4.69, 9.17) is 14.2 Å². The van der Waals surface area contributed by atoms with Gasteiger partial charge < -0.3 is 19.5 Å². The fraction of sp³-hybridized carbons (Fsp3) is 0.269. The number of nitrogens with one attached hydrogen (secondary N) is 1. The Morgan fingerprint density at radius 2 is 1.61 bits per heavy atom. The second-order valence-corrected chi connectivity index (χ2v) is 9.66. The van der Waals surface area contributed by atoms with Crippen LogP contribution in [0, 0.1) is 5.82 Å². The molecule has 36 heavy (non-hydrogen) atoms. The summed E-state index contributed by atoms with van der Waals surface area (Å²) in [5, 5.41) is 2.82. The molecule has 1 atom stereocenters. The standard InChI is InChI=1S/C26H29FN2O6S/c1-5-35-22-11-9-21(10-12-22)29(36(31,32)23-13-7-20(27)8-14-23)17-26(30)28-18(2)19-6-15-24(33-3)25(16-19)34-4/h6-16,18H,5,17H2,1-4H3,(H,28,30)/t18-/m0/s1. The van der Waals surface area contributed by atoms with E-state index in [0.717, 1.165) is 34.1 Å². The van der Waals surface area contributed by atoms with Crippen LogP contribution in [0.25, 0.3) is 0 Å². The van der Waals surface area contributed by atoms with Crippen LogP contribution < -0.4 is 23.8 Å². The molecule has 0 bridgehead atoms. The number of sulfonamides is 1. The van der Waals surface area contributed by atoms with Gasteiger partial charge in [-0.05, 0) is 80.1 Å². The van der Waals surface area contributed by atoms with Crippen molar-refractivity contribution in [3.63, 3.8) is 0 Å². The summed E-state index contributed by atoms with van der Waals surface area (Å²) in [6.45, 7) is 3.57. The third-order valence-corrected chi connectivity index (χ3v) is 7.20. The zero-order valence-electron chi connectivity index (χ0n) is 20.5. The summed E-state index contributed by atoms with van der Waals surface area (Å²) < 4.78 is 57.3. The van der Waals surface area contributed by atoms with Crippen LogP contribution in [0.2, 0.25) is 0 Å². The molecule has 10 heteroatoms. The van der Waals surface area contributed by atoms with E-state index in [-0.39, 0.29) is 10.6 Å². The maximum atomic E-state index is 13.5. The molecule has 0 unspecified atom stereocenters. The molecule has 0 radical (unpaired) electrons. The van der Waals surface area contributed by atoms with E-state index in [1.165, 1.54) is 14.2 Å². The number of benzene rings is 3. The highest BCUT2D eigenvalue weighted by molar-refractivity contribution is 7.92. The molecule has 0 aliphatic rings. The van der Waals surface area contributed by atoms with E-state index in [1.807, 2.05) is 6.92 Å². The quantitative estimate of drug-likeness (QED) is 0.408. The number of halogens is 1. The number of carbonyl (C=O) groups is 1. The summed E-state index contributed by atoms with van der Waals surface area (Å²) in [6.07, 6.45) is 0. The van der Waals surface area contributed by atoms with Crippen molar-refractivity contribution in [3.8, 4) is 17.2 Å². The lowest BCUT2D eigenvalue weighted by molar-refractivity contribution is -0.120. The molecule has 0 aliphatic heterocycles. The normalized spacial score (nSPS) is 11.9. The molecular formula is C26H29FN2O6S. The molecule has 0 aromatic heterocycles. The zero-order chi connectivity index (χ0) is 26.3. The minimum absolute atomic E-state index is 0.140. The first-order valence-electron chi connectivity index (χ1n) is 11.2. The lowest BCUT2D eigenvalue weighted by Crippen LogP contribution is -2.41. The van der Waals surface area contributed by atoms with Crippen molar-refractivity contribution < 1.29 is 31.8 Å². The minimum atomic E-state index is -4.18. The van der Waals surface area contributed by atoms with Crippen LogP contribution in [0.4, 0.5) is 10.1 Å². The van der Waals surface area contributed by atoms with Gasteiger partial charge in [-0.2, -0.15) is 0 Å². The maximum Gasteiger partial charge on any atom is 0.264 e. The van der Waals surface area contributed by atoms with Crippen LogP contribution in [0.1, 0.15) is 25.5 Å². The predicted octanol–water partition coefficient (Wildman–Crippen LogP) is 4.31. The van der Waals surface area contributed by atoms with E-state index >= 15 is 0 Å². The topological polar surface area (TPSA) is 94.2 Å². The second kappa shape index (κ2) is 11.8. The Morgan fingerprint density at radius 1 is 0.972 bits per heavy atom. The number of nitrogens with zero attached hydrogens (tertiary/aromatic N) is 1. The van der Waals surface area contributed by atoms with Gasteiger partial charge in [-0.1, -0.05) is 6.07 Å². The molecule has 0 aliphatic carbocycles. The highest BCUT2D eigenvalue weighted by Gasteiger charge is 2.28. The van der Waals surface area contributed by atoms with Crippen LogP contribution in [-0.2, 0) is 14.8 Å². The molecule has 3 rings (SSSR count). The van der Waals surface area contributed by atoms with E-state index in [2.05, 4.69) is 5.32 Å². The van der Waals surface area contributed by atoms with Crippen LogP contribution in [0.3, 0.4) is 0 Å². The van der Waals surface area contributed by atoms with Gasteiger partial charge in [0.2, 0.25) is 5.91 Å². The van der Waals surface area contributed by atoms with Crippen molar-refractivity contribution in [2.45, 2.75) is 24.8 Å². The Morgan fingerprint density at radius 3 is 2.19 bits per heavy atom. The predicted molar refractivity (Wildman–Crippen MR) is 135 cm³/mol. The van der Waals surface area contributed by atoms with E-state index < -0.39 is 34.3 Å². The highest BCUT2D eigenvalue weighted by Crippen LogP contribution is 2.30. The Bertz CT molecular complexity index is 1280. The van der Waals surface area contributed by atoms with Crippen molar-refractivity contribution in [3.05, 3.63) is 78.1 Å². The first-order valence-corrected chi connectivity index (χ1v) is 12.7. The van der Waals surface area contributed by atoms with Crippen molar-refractivity contribution in [2.75, 3.05) is 31.7 Å². The van der Waals surface area contributed by atoms with Crippen LogP contribution in [-0.4, -0.2) is 41.7 Å². The number of rotatable bonds is 11. The smallest absolute Gasteiger partial charge is 0.264 e. The molecule has 0 fully saturated rings. The number of anilines is 1. The number of amides is 1. The maximum absolute atomic E-state index is 13.5. The SMILES string of the molecule is CCOc1ccc(N(CC(=O)N[C@@H](C)c2ccc(OC)c(OC)c2)S(=O)(=O)c2ccc(F)cc2)cc1. The Hall–Kier alpha value is -3.79. The van der Waals surface area contributed by atoms with Gasteiger partial charge in [0.25, 0.3) is 10.0 Å². The molecule has 8 nitrogen and oxygen atoms in total. The number of ether oxygens (including phenoxy) is 3. The third-order valence-electron chi connectivity index (χ3n) is 5.41. The van der Waals surface area contributed by atoms with E-state index in [9.17, 15) is 17.6 Å². The van der Waals surface area contributed by atoms with Gasteiger partial charge in [0.15, 0.2) is 11.5 Å². The fourth-order valence-corrected chi connectivity index (χ4v) is 4.97. The molecular weight excluding hydrogens is 487 g/mol. The Balaban J connectivity index is 1.88. The Labute approximate surface area is 210 Å².